The smallest absolute Gasteiger partial charge is 0.313 e. The van der Waals surface area contributed by atoms with Crippen molar-refractivity contribution in [2.45, 2.75) is 62.8 Å². The number of cyclic esters (lactones) is 1. The van der Waals surface area contributed by atoms with E-state index in [2.05, 4.69) is 0 Å². The monoisotopic (exact) mass is 508 g/mol. The van der Waals surface area contributed by atoms with Gasteiger partial charge in [0, 0.05) is 26.2 Å². The average Bonchev–Trinajstić information content (AvgIpc) is 3.20. The van der Waals surface area contributed by atoms with Crippen molar-refractivity contribution < 1.29 is 29.0 Å². The van der Waals surface area contributed by atoms with Gasteiger partial charge in [-0.3, -0.25) is 14.4 Å². The molecule has 4 aliphatic heterocycles. The second-order valence-corrected chi connectivity index (χ2v) is 10.6. The van der Waals surface area contributed by atoms with Gasteiger partial charge in [-0.25, -0.2) is 0 Å². The number of amides is 2. The first kappa shape index (κ1) is 25.7. The van der Waals surface area contributed by atoms with Crippen molar-refractivity contribution in [3.05, 3.63) is 60.2 Å². The first-order valence-electron chi connectivity index (χ1n) is 13.4. The molecule has 1 aromatic rings. The predicted molar refractivity (Wildman–Crippen MR) is 136 cm³/mol. The van der Waals surface area contributed by atoms with Crippen LogP contribution in [0.5, 0.6) is 0 Å². The van der Waals surface area contributed by atoms with Crippen LogP contribution in [0.4, 0.5) is 0 Å². The lowest BCUT2D eigenvalue weighted by Gasteiger charge is -2.37. The number of aliphatic hydroxyl groups excluding tert-OH is 1. The van der Waals surface area contributed by atoms with Gasteiger partial charge < -0.3 is 24.4 Å². The summed E-state index contributed by atoms with van der Waals surface area (Å²) in [5, 5.41) is 9.11. The standard InChI is InChI=1S/C29H36N2O6/c1-28-14-7-10-19-36-27(35)23(28)22-25(33)31(17-8-2-3-9-18-32)24-26(34)30(16-11-15-29(22,24)37-28)20-21-12-5-4-6-13-21/h4-7,11-15,22-24,32H,2-3,8-10,16-20H2,1H3/t22-,23+,24?,28-,29-/m0/s1. The van der Waals surface area contributed by atoms with Crippen molar-refractivity contribution in [1.82, 2.24) is 9.80 Å². The molecule has 8 nitrogen and oxygen atoms in total. The van der Waals surface area contributed by atoms with E-state index < -0.39 is 35.0 Å². The van der Waals surface area contributed by atoms with Crippen LogP contribution in [0.2, 0.25) is 0 Å². The van der Waals surface area contributed by atoms with Gasteiger partial charge in [0.1, 0.15) is 17.6 Å². The van der Waals surface area contributed by atoms with Gasteiger partial charge in [0.05, 0.1) is 18.1 Å². The zero-order valence-electron chi connectivity index (χ0n) is 21.4. The van der Waals surface area contributed by atoms with Crippen LogP contribution in [0.3, 0.4) is 0 Å². The quantitative estimate of drug-likeness (QED) is 0.330. The van der Waals surface area contributed by atoms with Crippen LogP contribution in [-0.4, -0.2) is 76.2 Å². The van der Waals surface area contributed by atoms with Crippen molar-refractivity contribution >= 4 is 17.8 Å². The molecule has 2 saturated heterocycles. The fourth-order valence-corrected chi connectivity index (χ4v) is 6.47. The SMILES string of the molecule is C[C@]12C=CCCOC(=O)[C@H]1[C@H]1C(=O)N(CCCCCCO)C3C(=O)N(Cc4ccccc4)CC=C[C@@]31O2. The van der Waals surface area contributed by atoms with E-state index >= 15 is 0 Å². The highest BCUT2D eigenvalue weighted by Gasteiger charge is 2.74. The topological polar surface area (TPSA) is 96.4 Å². The van der Waals surface area contributed by atoms with E-state index in [1.807, 2.05) is 61.6 Å². The summed E-state index contributed by atoms with van der Waals surface area (Å²) in [5.74, 6) is -2.53. The van der Waals surface area contributed by atoms with Gasteiger partial charge in [-0.2, -0.15) is 0 Å². The number of fused-ring (bicyclic) bond motifs is 2. The zero-order chi connectivity index (χ0) is 26.0. The van der Waals surface area contributed by atoms with Crippen LogP contribution in [0.15, 0.2) is 54.6 Å². The number of rotatable bonds is 8. The van der Waals surface area contributed by atoms with E-state index in [1.165, 1.54) is 0 Å². The molecular formula is C29H36N2O6. The maximum Gasteiger partial charge on any atom is 0.313 e. The Balaban J connectivity index is 1.52. The Morgan fingerprint density at radius 1 is 0.973 bits per heavy atom. The van der Waals surface area contributed by atoms with E-state index in [1.54, 1.807) is 9.80 Å². The van der Waals surface area contributed by atoms with Gasteiger partial charge in [-0.15, -0.1) is 0 Å². The van der Waals surface area contributed by atoms with Crippen LogP contribution in [0, 0.1) is 11.8 Å². The summed E-state index contributed by atoms with van der Waals surface area (Å²) >= 11 is 0. The molecule has 198 valence electrons. The number of carbonyl (C=O) groups excluding carboxylic acids is 3. The van der Waals surface area contributed by atoms with Gasteiger partial charge >= 0.3 is 5.97 Å². The molecule has 1 N–H and O–H groups in total. The molecule has 0 radical (unpaired) electrons. The van der Waals surface area contributed by atoms with Crippen LogP contribution in [0.1, 0.15) is 44.6 Å². The zero-order valence-corrected chi connectivity index (χ0v) is 21.4. The third-order valence-corrected chi connectivity index (χ3v) is 8.13. The average molecular weight is 509 g/mol. The lowest BCUT2D eigenvalue weighted by Crippen LogP contribution is -2.55. The van der Waals surface area contributed by atoms with Gasteiger partial charge in [0.15, 0.2) is 0 Å². The van der Waals surface area contributed by atoms with Gasteiger partial charge in [-0.1, -0.05) is 67.5 Å². The molecule has 0 aromatic heterocycles. The van der Waals surface area contributed by atoms with Gasteiger partial charge in [-0.05, 0) is 31.7 Å². The number of carbonyl (C=O) groups is 3. The summed E-state index contributed by atoms with van der Waals surface area (Å²) in [6, 6.07) is 8.92. The molecule has 0 aliphatic carbocycles. The Labute approximate surface area is 217 Å². The summed E-state index contributed by atoms with van der Waals surface area (Å²) < 4.78 is 12.3. The van der Waals surface area contributed by atoms with Crippen LogP contribution in [0.25, 0.3) is 0 Å². The minimum absolute atomic E-state index is 0.137. The van der Waals surface area contributed by atoms with Crippen molar-refractivity contribution in [2.24, 2.45) is 11.8 Å². The minimum atomic E-state index is -1.25. The van der Waals surface area contributed by atoms with Crippen molar-refractivity contribution in [2.75, 3.05) is 26.3 Å². The number of benzene rings is 1. The molecule has 8 heteroatoms. The van der Waals surface area contributed by atoms with E-state index in [-0.39, 0.29) is 25.0 Å². The van der Waals surface area contributed by atoms with E-state index in [9.17, 15) is 14.4 Å². The molecule has 2 amide bonds. The third-order valence-electron chi connectivity index (χ3n) is 8.13. The molecule has 5 rings (SSSR count). The maximum atomic E-state index is 14.2. The largest absolute Gasteiger partial charge is 0.465 e. The van der Waals surface area contributed by atoms with Crippen molar-refractivity contribution in [3.8, 4) is 0 Å². The summed E-state index contributed by atoms with van der Waals surface area (Å²) in [5.41, 5.74) is -1.30. The molecule has 2 fully saturated rings. The highest BCUT2D eigenvalue weighted by molar-refractivity contribution is 5.99. The molecule has 1 aromatic carbocycles. The molecule has 1 spiro atoms. The maximum absolute atomic E-state index is 14.2. The van der Waals surface area contributed by atoms with Crippen LogP contribution < -0.4 is 0 Å². The summed E-state index contributed by atoms with van der Waals surface area (Å²) in [6.45, 7) is 3.42. The number of unbranched alkanes of at least 4 members (excludes halogenated alkanes) is 3. The van der Waals surface area contributed by atoms with Crippen molar-refractivity contribution in [3.63, 3.8) is 0 Å². The lowest BCUT2D eigenvalue weighted by atomic mass is 9.74. The van der Waals surface area contributed by atoms with Gasteiger partial charge in [0.2, 0.25) is 11.8 Å². The summed E-state index contributed by atoms with van der Waals surface area (Å²) in [4.78, 5) is 45.0. The first-order chi connectivity index (χ1) is 17.9. The van der Waals surface area contributed by atoms with Crippen molar-refractivity contribution in [1.29, 1.82) is 0 Å². The molecule has 4 heterocycles. The number of hydrogen-bond acceptors (Lipinski definition) is 6. The lowest BCUT2D eigenvalue weighted by molar-refractivity contribution is -0.160. The Kier molecular flexibility index (Phi) is 7.23. The first-order valence-corrected chi connectivity index (χ1v) is 13.4. The number of esters is 1. The molecule has 4 aliphatic rings. The minimum Gasteiger partial charge on any atom is -0.465 e. The Hall–Kier alpha value is -2.97. The molecule has 5 atom stereocenters. The Bertz CT molecular complexity index is 1090. The van der Waals surface area contributed by atoms with E-state index in [4.69, 9.17) is 14.6 Å². The number of aliphatic hydroxyl groups is 1. The van der Waals surface area contributed by atoms with Gasteiger partial charge in [0.25, 0.3) is 0 Å². The summed E-state index contributed by atoms with van der Waals surface area (Å²) in [7, 11) is 0. The van der Waals surface area contributed by atoms with Crippen LogP contribution in [-0.2, 0) is 30.4 Å². The second-order valence-electron chi connectivity index (χ2n) is 10.6. The molecule has 0 saturated carbocycles. The highest BCUT2D eigenvalue weighted by Crippen LogP contribution is 2.57. The Morgan fingerprint density at radius 3 is 2.54 bits per heavy atom. The molecule has 1 unspecified atom stereocenters. The fourth-order valence-electron chi connectivity index (χ4n) is 6.47. The van der Waals surface area contributed by atoms with E-state index in [0.717, 1.165) is 18.4 Å². The molecular weight excluding hydrogens is 472 g/mol. The Morgan fingerprint density at radius 2 is 1.76 bits per heavy atom. The second kappa shape index (κ2) is 10.4. The number of likely N-dealkylation sites (tertiary alicyclic amines) is 1. The molecule has 0 bridgehead atoms. The fraction of sp³-hybridized carbons (Fsp3) is 0.552. The summed E-state index contributed by atoms with van der Waals surface area (Å²) in [6.07, 6.45) is 11.2. The van der Waals surface area contributed by atoms with E-state index in [0.29, 0.717) is 38.9 Å². The number of hydrogen-bond donors (Lipinski definition) is 1. The predicted octanol–water partition coefficient (Wildman–Crippen LogP) is 2.61. The normalized spacial score (nSPS) is 32.9. The highest BCUT2D eigenvalue weighted by atomic mass is 16.6. The van der Waals surface area contributed by atoms with Crippen LogP contribution >= 0.6 is 0 Å². The molecule has 37 heavy (non-hydrogen) atoms. The third kappa shape index (κ3) is 4.50. The number of ether oxygens (including phenoxy) is 2. The number of nitrogens with zero attached hydrogens (tertiary/aromatic N) is 2.